The summed E-state index contributed by atoms with van der Waals surface area (Å²) in [6.45, 7) is 0. The quantitative estimate of drug-likeness (QED) is 0.376. The fourth-order valence-corrected chi connectivity index (χ4v) is 2.02. The normalized spacial score (nSPS) is 10.2. The van der Waals surface area contributed by atoms with Crippen molar-refractivity contribution in [1.82, 2.24) is 5.43 Å². The molecule has 0 bridgehead atoms. The Balaban J connectivity index is 1.88. The summed E-state index contributed by atoms with van der Waals surface area (Å²) in [5, 5.41) is 7.40. The van der Waals surface area contributed by atoms with Gasteiger partial charge < -0.3 is 14.8 Å². The van der Waals surface area contributed by atoms with Gasteiger partial charge >= 0.3 is 5.97 Å². The molecule has 0 heterocycles. The maximum Gasteiger partial charge on any atom is 0.337 e. The molecule has 0 amide bonds. The van der Waals surface area contributed by atoms with Crippen LogP contribution in [0.3, 0.4) is 0 Å². The molecule has 0 aliphatic rings. The molecule has 2 aromatic carbocycles. The highest BCUT2D eigenvalue weighted by molar-refractivity contribution is 7.80. The molecular formula is C17H17N3O3S. The third kappa shape index (κ3) is 5.06. The van der Waals surface area contributed by atoms with Crippen LogP contribution in [0.25, 0.3) is 0 Å². The summed E-state index contributed by atoms with van der Waals surface area (Å²) in [5.74, 6) is 0.359. The number of hydrazone groups is 1. The fraction of sp³-hybridized carbons (Fsp3) is 0.118. The summed E-state index contributed by atoms with van der Waals surface area (Å²) in [6.07, 6.45) is 1.60. The van der Waals surface area contributed by atoms with E-state index in [2.05, 4.69) is 20.6 Å². The number of thiocarbonyl (C=S) groups is 1. The van der Waals surface area contributed by atoms with Gasteiger partial charge in [-0.2, -0.15) is 5.10 Å². The maximum absolute atomic E-state index is 11.3. The predicted octanol–water partition coefficient (Wildman–Crippen LogP) is 2.80. The molecule has 2 N–H and O–H groups in total. The highest BCUT2D eigenvalue weighted by atomic mass is 32.1. The maximum atomic E-state index is 11.3. The summed E-state index contributed by atoms with van der Waals surface area (Å²) in [6, 6.07) is 14.2. The second-order valence-corrected chi connectivity index (χ2v) is 5.08. The number of esters is 1. The predicted molar refractivity (Wildman–Crippen MR) is 97.7 cm³/mol. The van der Waals surface area contributed by atoms with Crippen molar-refractivity contribution in [2.45, 2.75) is 0 Å². The number of nitrogens with zero attached hydrogens (tertiary/aromatic N) is 1. The van der Waals surface area contributed by atoms with Crippen molar-refractivity contribution in [3.05, 3.63) is 59.7 Å². The number of benzene rings is 2. The van der Waals surface area contributed by atoms with Crippen molar-refractivity contribution in [2.24, 2.45) is 5.10 Å². The highest BCUT2D eigenvalue weighted by Gasteiger charge is 2.03. The monoisotopic (exact) mass is 343 g/mol. The first kappa shape index (κ1) is 17.4. The minimum absolute atomic E-state index is 0.352. The van der Waals surface area contributed by atoms with Crippen LogP contribution in [-0.4, -0.2) is 31.5 Å². The van der Waals surface area contributed by atoms with Crippen molar-refractivity contribution < 1.29 is 14.3 Å². The lowest BCUT2D eigenvalue weighted by atomic mass is 10.1. The molecule has 6 nitrogen and oxygen atoms in total. The Bertz CT molecular complexity index is 745. The summed E-state index contributed by atoms with van der Waals surface area (Å²) < 4.78 is 9.79. The van der Waals surface area contributed by atoms with Crippen molar-refractivity contribution in [1.29, 1.82) is 0 Å². The van der Waals surface area contributed by atoms with E-state index in [1.807, 2.05) is 24.3 Å². The number of carbonyl (C=O) groups excluding carboxylic acids is 1. The number of hydrogen-bond acceptors (Lipinski definition) is 5. The number of rotatable bonds is 5. The van der Waals surface area contributed by atoms with Gasteiger partial charge in [-0.3, -0.25) is 5.43 Å². The van der Waals surface area contributed by atoms with Crippen molar-refractivity contribution in [3.63, 3.8) is 0 Å². The average Bonchev–Trinajstić information content (AvgIpc) is 2.61. The molecule has 0 saturated heterocycles. The van der Waals surface area contributed by atoms with Crippen molar-refractivity contribution >= 4 is 35.2 Å². The Hall–Kier alpha value is -2.93. The van der Waals surface area contributed by atoms with Crippen LogP contribution in [0.4, 0.5) is 5.69 Å². The van der Waals surface area contributed by atoms with Crippen LogP contribution in [-0.2, 0) is 4.74 Å². The largest absolute Gasteiger partial charge is 0.497 e. The van der Waals surface area contributed by atoms with Crippen LogP contribution in [0.1, 0.15) is 15.9 Å². The molecule has 0 aliphatic carbocycles. The first-order valence-electron chi connectivity index (χ1n) is 7.05. The van der Waals surface area contributed by atoms with Crippen LogP contribution in [0.5, 0.6) is 5.75 Å². The van der Waals surface area contributed by atoms with Gasteiger partial charge in [-0.1, -0.05) is 18.2 Å². The molecule has 0 fully saturated rings. The lowest BCUT2D eigenvalue weighted by molar-refractivity contribution is 0.0600. The van der Waals surface area contributed by atoms with Crippen LogP contribution >= 0.6 is 12.2 Å². The molecule has 0 spiro atoms. The van der Waals surface area contributed by atoms with Gasteiger partial charge in [0.05, 0.1) is 26.0 Å². The van der Waals surface area contributed by atoms with Crippen LogP contribution < -0.4 is 15.5 Å². The summed E-state index contributed by atoms with van der Waals surface area (Å²) >= 11 is 5.16. The molecule has 0 aliphatic heterocycles. The summed E-state index contributed by atoms with van der Waals surface area (Å²) in [5.41, 5.74) is 4.82. The SMILES string of the molecule is COC(=O)c1ccc(/C=N/NC(=S)Nc2cccc(OC)c2)cc1. The Kier molecular flexibility index (Phi) is 6.27. The average molecular weight is 343 g/mol. The van der Waals surface area contributed by atoms with E-state index in [9.17, 15) is 4.79 Å². The molecule has 0 unspecified atom stereocenters. The fourth-order valence-electron chi connectivity index (χ4n) is 1.85. The second kappa shape index (κ2) is 8.64. The second-order valence-electron chi connectivity index (χ2n) is 4.67. The van der Waals surface area contributed by atoms with Gasteiger partial charge in [-0.15, -0.1) is 0 Å². The molecule has 124 valence electrons. The van der Waals surface area contributed by atoms with E-state index in [0.717, 1.165) is 17.0 Å². The minimum Gasteiger partial charge on any atom is -0.497 e. The van der Waals surface area contributed by atoms with Crippen molar-refractivity contribution in [3.8, 4) is 5.75 Å². The highest BCUT2D eigenvalue weighted by Crippen LogP contribution is 2.16. The lowest BCUT2D eigenvalue weighted by Gasteiger charge is -2.08. The zero-order chi connectivity index (χ0) is 17.4. The smallest absolute Gasteiger partial charge is 0.337 e. The van der Waals surface area contributed by atoms with E-state index < -0.39 is 0 Å². The zero-order valence-corrected chi connectivity index (χ0v) is 14.1. The van der Waals surface area contributed by atoms with Crippen molar-refractivity contribution in [2.75, 3.05) is 19.5 Å². The standard InChI is InChI=1S/C17H17N3O3S/c1-22-15-5-3-4-14(10-15)19-17(24)20-18-11-12-6-8-13(9-7-12)16(21)23-2/h3-11H,1-2H3,(H2,19,20,24)/b18-11+. The van der Waals surface area contributed by atoms with Gasteiger partial charge in [0.2, 0.25) is 0 Å². The van der Waals surface area contributed by atoms with Gasteiger partial charge in [0, 0.05) is 11.8 Å². The molecule has 0 aromatic heterocycles. The Morgan fingerprint density at radius 1 is 1.17 bits per heavy atom. The van der Waals surface area contributed by atoms with Crippen LogP contribution in [0, 0.1) is 0 Å². The van der Waals surface area contributed by atoms with Crippen LogP contribution in [0.2, 0.25) is 0 Å². The number of methoxy groups -OCH3 is 2. The number of nitrogens with one attached hydrogen (secondary N) is 2. The molecule has 0 atom stereocenters. The first-order valence-corrected chi connectivity index (χ1v) is 7.45. The number of anilines is 1. The Morgan fingerprint density at radius 3 is 2.58 bits per heavy atom. The molecular weight excluding hydrogens is 326 g/mol. The zero-order valence-electron chi connectivity index (χ0n) is 13.3. The third-order valence-corrected chi connectivity index (χ3v) is 3.23. The van der Waals surface area contributed by atoms with Gasteiger partial charge in [-0.25, -0.2) is 4.79 Å². The number of ether oxygens (including phenoxy) is 2. The molecule has 2 rings (SSSR count). The van der Waals surface area contributed by atoms with E-state index in [-0.39, 0.29) is 5.97 Å². The van der Waals surface area contributed by atoms with Gasteiger partial charge in [0.25, 0.3) is 0 Å². The Morgan fingerprint density at radius 2 is 1.92 bits per heavy atom. The Labute approximate surface area is 145 Å². The van der Waals surface area contributed by atoms with Gasteiger partial charge in [0.1, 0.15) is 5.75 Å². The molecule has 2 aromatic rings. The number of carbonyl (C=O) groups is 1. The third-order valence-electron chi connectivity index (χ3n) is 3.04. The summed E-state index contributed by atoms with van der Waals surface area (Å²) in [4.78, 5) is 11.3. The lowest BCUT2D eigenvalue weighted by Crippen LogP contribution is -2.23. The molecule has 0 saturated carbocycles. The van der Waals surface area contributed by atoms with E-state index in [4.69, 9.17) is 17.0 Å². The molecule has 0 radical (unpaired) electrons. The van der Waals surface area contributed by atoms with Gasteiger partial charge in [0.15, 0.2) is 5.11 Å². The van der Waals surface area contributed by atoms with E-state index in [1.54, 1.807) is 37.6 Å². The minimum atomic E-state index is -0.375. The molecule has 7 heteroatoms. The summed E-state index contributed by atoms with van der Waals surface area (Å²) in [7, 11) is 2.95. The van der Waals surface area contributed by atoms with Crippen LogP contribution in [0.15, 0.2) is 53.6 Å². The van der Waals surface area contributed by atoms with Gasteiger partial charge in [-0.05, 0) is 42.0 Å². The van der Waals surface area contributed by atoms with E-state index >= 15 is 0 Å². The topological polar surface area (TPSA) is 72.0 Å². The molecule has 24 heavy (non-hydrogen) atoms. The first-order chi connectivity index (χ1) is 11.6. The number of hydrogen-bond donors (Lipinski definition) is 2. The van der Waals surface area contributed by atoms with E-state index in [0.29, 0.717) is 10.7 Å². The van der Waals surface area contributed by atoms with E-state index in [1.165, 1.54) is 7.11 Å².